The molecule has 0 heterocycles. The second-order valence-corrected chi connectivity index (χ2v) is 5.22. The molecule has 1 amide bonds. The number of carbonyl (C=O) groups excluding carboxylic acids is 1. The smallest absolute Gasteiger partial charge is 0.221 e. The summed E-state index contributed by atoms with van der Waals surface area (Å²) < 4.78 is 0. The van der Waals surface area contributed by atoms with Crippen LogP contribution in [0.3, 0.4) is 0 Å². The summed E-state index contributed by atoms with van der Waals surface area (Å²) in [5.41, 5.74) is 6.34. The van der Waals surface area contributed by atoms with E-state index in [9.17, 15) is 4.79 Å². The molecule has 0 saturated heterocycles. The van der Waals surface area contributed by atoms with Crippen molar-refractivity contribution in [2.45, 2.75) is 30.4 Å². The Balaban J connectivity index is 2.54. The fourth-order valence-corrected chi connectivity index (χ4v) is 2.36. The van der Waals surface area contributed by atoms with Crippen molar-refractivity contribution >= 4 is 23.4 Å². The van der Waals surface area contributed by atoms with Crippen LogP contribution in [0.15, 0.2) is 29.2 Å². The molecule has 1 rings (SSSR count). The maximum atomic E-state index is 10.8. The molecule has 0 fully saturated rings. The molecule has 4 heteroatoms. The lowest BCUT2D eigenvalue weighted by Gasteiger charge is -2.10. The first-order valence-electron chi connectivity index (χ1n) is 5.36. The van der Waals surface area contributed by atoms with Crippen molar-refractivity contribution in [1.29, 1.82) is 0 Å². The molecule has 0 aliphatic carbocycles. The van der Waals surface area contributed by atoms with Crippen molar-refractivity contribution in [1.82, 2.24) is 0 Å². The second-order valence-electron chi connectivity index (χ2n) is 3.71. The van der Waals surface area contributed by atoms with Crippen LogP contribution in [-0.2, 0) is 4.79 Å². The third-order valence-electron chi connectivity index (χ3n) is 2.09. The van der Waals surface area contributed by atoms with E-state index in [1.165, 1.54) is 11.8 Å². The molecule has 0 radical (unpaired) electrons. The van der Waals surface area contributed by atoms with Crippen molar-refractivity contribution in [2.75, 3.05) is 11.9 Å². The first-order chi connectivity index (χ1) is 7.61. The van der Waals surface area contributed by atoms with Crippen LogP contribution in [0.2, 0.25) is 0 Å². The molecular formula is C12H18N2OS. The highest BCUT2D eigenvalue weighted by molar-refractivity contribution is 7.99. The molecular weight excluding hydrogens is 220 g/mol. The predicted octanol–water partition coefficient (Wildman–Crippen LogP) is 2.47. The summed E-state index contributed by atoms with van der Waals surface area (Å²) in [6.07, 6.45) is 1.01. The lowest BCUT2D eigenvalue weighted by molar-refractivity contribution is -0.114. The van der Waals surface area contributed by atoms with E-state index in [2.05, 4.69) is 12.2 Å². The van der Waals surface area contributed by atoms with Crippen LogP contribution < -0.4 is 11.1 Å². The minimum absolute atomic E-state index is 0.0445. The number of anilines is 1. The number of hydrogen-bond donors (Lipinski definition) is 2. The van der Waals surface area contributed by atoms with Crippen molar-refractivity contribution in [3.63, 3.8) is 0 Å². The number of hydrogen-bond acceptors (Lipinski definition) is 3. The Kier molecular flexibility index (Phi) is 5.35. The van der Waals surface area contributed by atoms with Gasteiger partial charge in [-0.25, -0.2) is 0 Å². The topological polar surface area (TPSA) is 55.1 Å². The Morgan fingerprint density at radius 3 is 2.56 bits per heavy atom. The number of carbonyl (C=O) groups is 1. The molecule has 3 nitrogen and oxygen atoms in total. The van der Waals surface area contributed by atoms with Crippen LogP contribution in [0.5, 0.6) is 0 Å². The molecule has 3 N–H and O–H groups in total. The summed E-state index contributed by atoms with van der Waals surface area (Å²) in [5.74, 6) is -0.0445. The molecule has 16 heavy (non-hydrogen) atoms. The lowest BCUT2D eigenvalue weighted by atomic mass is 10.3. The summed E-state index contributed by atoms with van der Waals surface area (Å²) >= 11 is 1.80. The van der Waals surface area contributed by atoms with E-state index in [1.807, 2.05) is 24.3 Å². The van der Waals surface area contributed by atoms with E-state index in [0.29, 0.717) is 5.25 Å². The van der Waals surface area contributed by atoms with Gasteiger partial charge in [-0.1, -0.05) is 6.92 Å². The number of amides is 1. The van der Waals surface area contributed by atoms with Crippen LogP contribution >= 0.6 is 11.8 Å². The number of nitrogens with two attached hydrogens (primary N) is 1. The van der Waals surface area contributed by atoms with Crippen LogP contribution in [0.4, 0.5) is 5.69 Å². The highest BCUT2D eigenvalue weighted by Crippen LogP contribution is 2.25. The predicted molar refractivity (Wildman–Crippen MR) is 69.7 cm³/mol. The minimum atomic E-state index is -0.0445. The van der Waals surface area contributed by atoms with Crippen molar-refractivity contribution in [3.05, 3.63) is 24.3 Å². The molecule has 88 valence electrons. The monoisotopic (exact) mass is 238 g/mol. The van der Waals surface area contributed by atoms with Gasteiger partial charge in [0.25, 0.3) is 0 Å². The Labute approximate surface area is 101 Å². The first kappa shape index (κ1) is 13.1. The van der Waals surface area contributed by atoms with Crippen LogP contribution in [-0.4, -0.2) is 17.7 Å². The third-order valence-corrected chi connectivity index (χ3v) is 3.27. The average Bonchev–Trinajstić information content (AvgIpc) is 2.20. The lowest BCUT2D eigenvalue weighted by Crippen LogP contribution is -2.07. The average molecular weight is 238 g/mol. The standard InChI is InChI=1S/C12H18N2OS/c1-9(7-8-13)16-12-5-3-11(4-6-12)14-10(2)15/h3-6,9H,7-8,13H2,1-2H3,(H,14,15). The number of thioether (sulfide) groups is 1. The van der Waals surface area contributed by atoms with E-state index in [1.54, 1.807) is 11.8 Å². The normalized spacial score (nSPS) is 12.2. The first-order valence-corrected chi connectivity index (χ1v) is 6.24. The maximum Gasteiger partial charge on any atom is 0.221 e. The minimum Gasteiger partial charge on any atom is -0.330 e. The molecule has 0 aromatic heterocycles. The largest absolute Gasteiger partial charge is 0.330 e. The maximum absolute atomic E-state index is 10.8. The Morgan fingerprint density at radius 2 is 2.06 bits per heavy atom. The van der Waals surface area contributed by atoms with E-state index in [-0.39, 0.29) is 5.91 Å². The Hall–Kier alpha value is -1.00. The van der Waals surface area contributed by atoms with E-state index >= 15 is 0 Å². The summed E-state index contributed by atoms with van der Waals surface area (Å²) in [6.45, 7) is 4.39. The Morgan fingerprint density at radius 1 is 1.44 bits per heavy atom. The van der Waals surface area contributed by atoms with Crippen LogP contribution in [0.25, 0.3) is 0 Å². The zero-order valence-electron chi connectivity index (χ0n) is 9.69. The third kappa shape index (κ3) is 4.68. The van der Waals surface area contributed by atoms with E-state index in [4.69, 9.17) is 5.73 Å². The number of benzene rings is 1. The van der Waals surface area contributed by atoms with Gasteiger partial charge in [0.1, 0.15) is 0 Å². The van der Waals surface area contributed by atoms with Gasteiger partial charge in [-0.05, 0) is 37.2 Å². The van der Waals surface area contributed by atoms with Gasteiger partial charge in [-0.2, -0.15) is 0 Å². The fourth-order valence-electron chi connectivity index (χ4n) is 1.35. The molecule has 0 aliphatic heterocycles. The van der Waals surface area contributed by atoms with E-state index < -0.39 is 0 Å². The number of rotatable bonds is 5. The molecule has 1 atom stereocenters. The molecule has 1 unspecified atom stereocenters. The zero-order chi connectivity index (χ0) is 12.0. The van der Waals surface area contributed by atoms with Gasteiger partial charge in [0.2, 0.25) is 5.91 Å². The molecule has 1 aromatic rings. The summed E-state index contributed by atoms with van der Waals surface area (Å²) in [4.78, 5) is 12.0. The SMILES string of the molecule is CC(=O)Nc1ccc(SC(C)CCN)cc1. The van der Waals surface area contributed by atoms with Gasteiger partial charge in [0, 0.05) is 22.8 Å². The Bertz CT molecular complexity index is 337. The van der Waals surface area contributed by atoms with Crippen molar-refractivity contribution in [3.8, 4) is 0 Å². The van der Waals surface area contributed by atoms with Gasteiger partial charge in [0.15, 0.2) is 0 Å². The van der Waals surface area contributed by atoms with Gasteiger partial charge in [-0.15, -0.1) is 11.8 Å². The van der Waals surface area contributed by atoms with Gasteiger partial charge < -0.3 is 11.1 Å². The summed E-state index contributed by atoms with van der Waals surface area (Å²) in [6, 6.07) is 7.86. The molecule has 0 saturated carbocycles. The van der Waals surface area contributed by atoms with Crippen LogP contribution in [0.1, 0.15) is 20.3 Å². The molecule has 0 spiro atoms. The molecule has 0 aliphatic rings. The van der Waals surface area contributed by atoms with Gasteiger partial charge in [-0.3, -0.25) is 4.79 Å². The van der Waals surface area contributed by atoms with Crippen molar-refractivity contribution < 1.29 is 4.79 Å². The molecule has 0 bridgehead atoms. The fraction of sp³-hybridized carbons (Fsp3) is 0.417. The second kappa shape index (κ2) is 6.55. The molecule has 1 aromatic carbocycles. The highest BCUT2D eigenvalue weighted by Gasteiger charge is 2.03. The van der Waals surface area contributed by atoms with Gasteiger partial charge in [0.05, 0.1) is 0 Å². The summed E-state index contributed by atoms with van der Waals surface area (Å²) in [5, 5.41) is 3.27. The zero-order valence-corrected chi connectivity index (χ0v) is 10.5. The quantitative estimate of drug-likeness (QED) is 0.775. The summed E-state index contributed by atoms with van der Waals surface area (Å²) in [7, 11) is 0. The van der Waals surface area contributed by atoms with E-state index in [0.717, 1.165) is 18.7 Å². The number of nitrogens with one attached hydrogen (secondary N) is 1. The van der Waals surface area contributed by atoms with Crippen molar-refractivity contribution in [2.24, 2.45) is 5.73 Å². The van der Waals surface area contributed by atoms with Crippen LogP contribution in [0, 0.1) is 0 Å². The highest BCUT2D eigenvalue weighted by atomic mass is 32.2. The van der Waals surface area contributed by atoms with Gasteiger partial charge >= 0.3 is 0 Å².